The fourth-order valence-electron chi connectivity index (χ4n) is 3.81. The number of carbonyl (C=O) groups is 1. The highest BCUT2D eigenvalue weighted by Gasteiger charge is 2.34. The van der Waals surface area contributed by atoms with Crippen molar-refractivity contribution < 1.29 is 13.2 Å². The molecule has 0 bridgehead atoms. The minimum Gasteiger partial charge on any atom is -0.322 e. The molecule has 0 radical (unpaired) electrons. The van der Waals surface area contributed by atoms with E-state index in [0.29, 0.717) is 40.9 Å². The molecule has 5 rings (SSSR count). The molecule has 0 unspecified atom stereocenters. The lowest BCUT2D eigenvalue weighted by Crippen LogP contribution is -2.30. The standard InChI is InChI=1S/C24H19Cl2N5O3S/c1-30-10-11-31(35(30,33)34)17-7-8-18(21(26)13-17)24(32)28-16-6-9-20(25)19(12-16)23-27-14-15-4-2-3-5-22(15)29-23/h2-9,12-14H,10-11H2,1H3,(H,28,32). The van der Waals surface area contributed by atoms with E-state index < -0.39 is 16.1 Å². The minimum absolute atomic E-state index is 0.136. The van der Waals surface area contributed by atoms with Crippen LogP contribution in [-0.2, 0) is 10.2 Å². The summed E-state index contributed by atoms with van der Waals surface area (Å²) in [4.78, 5) is 21.9. The summed E-state index contributed by atoms with van der Waals surface area (Å²) >= 11 is 12.8. The average molecular weight is 528 g/mol. The van der Waals surface area contributed by atoms with E-state index in [1.807, 2.05) is 24.3 Å². The zero-order valence-electron chi connectivity index (χ0n) is 18.4. The number of halogens is 2. The third kappa shape index (κ3) is 4.43. The van der Waals surface area contributed by atoms with Crippen molar-refractivity contribution in [2.45, 2.75) is 0 Å². The summed E-state index contributed by atoms with van der Waals surface area (Å²) < 4.78 is 27.4. The molecule has 1 fully saturated rings. The normalized spacial score (nSPS) is 15.5. The lowest BCUT2D eigenvalue weighted by molar-refractivity contribution is 0.102. The van der Waals surface area contributed by atoms with Gasteiger partial charge in [0.05, 0.1) is 26.8 Å². The Morgan fingerprint density at radius 3 is 2.54 bits per heavy atom. The van der Waals surface area contributed by atoms with Crippen molar-refractivity contribution in [3.8, 4) is 11.4 Å². The Bertz CT molecular complexity index is 1580. The second-order valence-electron chi connectivity index (χ2n) is 7.97. The minimum atomic E-state index is -3.58. The van der Waals surface area contributed by atoms with Crippen LogP contribution in [0, 0.1) is 0 Å². The van der Waals surface area contributed by atoms with E-state index in [0.717, 1.165) is 10.9 Å². The fraction of sp³-hybridized carbons (Fsp3) is 0.125. The summed E-state index contributed by atoms with van der Waals surface area (Å²) in [7, 11) is -2.07. The van der Waals surface area contributed by atoms with Gasteiger partial charge in [-0.3, -0.25) is 9.10 Å². The second kappa shape index (κ2) is 9.09. The number of hydrogen-bond acceptors (Lipinski definition) is 5. The van der Waals surface area contributed by atoms with Crippen LogP contribution in [0.1, 0.15) is 10.4 Å². The van der Waals surface area contributed by atoms with Crippen LogP contribution in [0.25, 0.3) is 22.3 Å². The van der Waals surface area contributed by atoms with Crippen LogP contribution in [0.5, 0.6) is 0 Å². The number of nitrogens with one attached hydrogen (secondary N) is 1. The van der Waals surface area contributed by atoms with Gasteiger partial charge >= 0.3 is 10.2 Å². The van der Waals surface area contributed by atoms with Gasteiger partial charge in [0.25, 0.3) is 5.91 Å². The molecule has 1 aliphatic rings. The van der Waals surface area contributed by atoms with Crippen molar-refractivity contribution in [1.29, 1.82) is 0 Å². The Balaban J connectivity index is 1.40. The summed E-state index contributed by atoms with van der Waals surface area (Å²) in [6.07, 6.45) is 1.72. The Morgan fingerprint density at radius 1 is 1.00 bits per heavy atom. The zero-order valence-corrected chi connectivity index (χ0v) is 20.8. The number of aromatic nitrogens is 2. The van der Waals surface area contributed by atoms with Gasteiger partial charge in [-0.15, -0.1) is 0 Å². The molecule has 0 spiro atoms. The summed E-state index contributed by atoms with van der Waals surface area (Å²) in [5.74, 6) is -0.0142. The molecule has 0 aliphatic carbocycles. The molecule has 1 amide bonds. The summed E-state index contributed by atoms with van der Waals surface area (Å²) in [5, 5.41) is 4.29. The Hall–Kier alpha value is -3.24. The van der Waals surface area contributed by atoms with Crippen molar-refractivity contribution in [2.24, 2.45) is 0 Å². The number of benzene rings is 3. The van der Waals surface area contributed by atoms with Crippen LogP contribution in [0.2, 0.25) is 10.0 Å². The van der Waals surface area contributed by atoms with Crippen molar-refractivity contribution >= 4 is 61.6 Å². The largest absolute Gasteiger partial charge is 0.322 e. The molecule has 3 aromatic carbocycles. The van der Waals surface area contributed by atoms with Gasteiger partial charge in [0, 0.05) is 43.0 Å². The topological polar surface area (TPSA) is 95.5 Å². The van der Waals surface area contributed by atoms with Gasteiger partial charge in [-0.1, -0.05) is 41.4 Å². The van der Waals surface area contributed by atoms with Gasteiger partial charge in [0.2, 0.25) is 0 Å². The van der Waals surface area contributed by atoms with E-state index >= 15 is 0 Å². The molecule has 2 heterocycles. The van der Waals surface area contributed by atoms with Crippen molar-refractivity contribution in [2.75, 3.05) is 29.8 Å². The zero-order chi connectivity index (χ0) is 24.7. The molecule has 1 aliphatic heterocycles. The maximum absolute atomic E-state index is 13.0. The first-order chi connectivity index (χ1) is 16.7. The lowest BCUT2D eigenvalue weighted by atomic mass is 10.1. The van der Waals surface area contributed by atoms with Gasteiger partial charge in [0.1, 0.15) is 0 Å². The highest BCUT2D eigenvalue weighted by molar-refractivity contribution is 7.90. The fourth-order valence-corrected chi connectivity index (χ4v) is 5.61. The predicted molar refractivity (Wildman–Crippen MR) is 138 cm³/mol. The summed E-state index contributed by atoms with van der Waals surface area (Å²) in [5.41, 5.74) is 2.44. The number of rotatable bonds is 4. The van der Waals surface area contributed by atoms with Gasteiger partial charge in [-0.25, -0.2) is 9.97 Å². The third-order valence-electron chi connectivity index (χ3n) is 5.73. The van der Waals surface area contributed by atoms with E-state index in [4.69, 9.17) is 23.2 Å². The average Bonchev–Trinajstić information content (AvgIpc) is 3.11. The lowest BCUT2D eigenvalue weighted by Gasteiger charge is -2.19. The van der Waals surface area contributed by atoms with E-state index in [-0.39, 0.29) is 10.6 Å². The monoisotopic (exact) mass is 527 g/mol. The summed E-state index contributed by atoms with van der Waals surface area (Å²) in [6.45, 7) is 0.688. The van der Waals surface area contributed by atoms with Crippen LogP contribution < -0.4 is 9.62 Å². The molecular weight excluding hydrogens is 509 g/mol. The molecule has 11 heteroatoms. The van der Waals surface area contributed by atoms with Crippen molar-refractivity contribution in [3.63, 3.8) is 0 Å². The number of likely N-dealkylation sites (N-methyl/N-ethyl adjacent to an activating group) is 1. The Kier molecular flexibility index (Phi) is 6.10. The van der Waals surface area contributed by atoms with Gasteiger partial charge < -0.3 is 5.32 Å². The number of anilines is 2. The summed E-state index contributed by atoms with van der Waals surface area (Å²) in [6, 6.07) is 17.2. The van der Waals surface area contributed by atoms with Gasteiger partial charge in [-0.2, -0.15) is 12.7 Å². The van der Waals surface area contributed by atoms with E-state index in [9.17, 15) is 13.2 Å². The Labute approximate surface area is 212 Å². The molecule has 178 valence electrons. The van der Waals surface area contributed by atoms with Crippen LogP contribution in [-0.4, -0.2) is 48.7 Å². The smallest absolute Gasteiger partial charge is 0.303 e. The maximum Gasteiger partial charge on any atom is 0.303 e. The van der Waals surface area contributed by atoms with Crippen LogP contribution in [0.3, 0.4) is 0 Å². The highest BCUT2D eigenvalue weighted by Crippen LogP contribution is 2.31. The quantitative estimate of drug-likeness (QED) is 0.409. The molecule has 1 saturated heterocycles. The van der Waals surface area contributed by atoms with Crippen LogP contribution in [0.4, 0.5) is 11.4 Å². The SMILES string of the molecule is CN1CCN(c2ccc(C(=O)Nc3ccc(Cl)c(-c4ncc5ccccc5n4)c3)c(Cl)c2)S1(=O)=O. The van der Waals surface area contributed by atoms with E-state index in [1.54, 1.807) is 30.5 Å². The molecule has 4 aromatic rings. The first-order valence-electron chi connectivity index (χ1n) is 10.6. The maximum atomic E-state index is 13.0. The number of nitrogens with zero attached hydrogens (tertiary/aromatic N) is 4. The number of carbonyl (C=O) groups excluding carboxylic acids is 1. The molecule has 1 N–H and O–H groups in total. The highest BCUT2D eigenvalue weighted by atomic mass is 35.5. The number of amides is 1. The number of para-hydroxylation sites is 1. The van der Waals surface area contributed by atoms with Gasteiger partial charge in [-0.05, 0) is 42.5 Å². The first kappa shape index (κ1) is 23.5. The number of hydrogen-bond donors (Lipinski definition) is 1. The molecule has 1 aromatic heterocycles. The second-order valence-corrected chi connectivity index (χ2v) is 10.7. The van der Waals surface area contributed by atoms with E-state index in [1.165, 1.54) is 27.8 Å². The molecular formula is C24H19Cl2N5O3S. The van der Waals surface area contributed by atoms with E-state index in [2.05, 4.69) is 15.3 Å². The van der Waals surface area contributed by atoms with Crippen LogP contribution in [0.15, 0.2) is 66.9 Å². The van der Waals surface area contributed by atoms with Crippen molar-refractivity contribution in [3.05, 3.63) is 82.5 Å². The van der Waals surface area contributed by atoms with Crippen molar-refractivity contribution in [1.82, 2.24) is 14.3 Å². The molecule has 0 atom stereocenters. The molecule has 0 saturated carbocycles. The Morgan fingerprint density at radius 2 is 1.80 bits per heavy atom. The predicted octanol–water partition coefficient (Wildman–Crippen LogP) is 4.85. The molecule has 35 heavy (non-hydrogen) atoms. The van der Waals surface area contributed by atoms with Crippen LogP contribution >= 0.6 is 23.2 Å². The van der Waals surface area contributed by atoms with Gasteiger partial charge in [0.15, 0.2) is 5.82 Å². The molecule has 8 nitrogen and oxygen atoms in total. The third-order valence-corrected chi connectivity index (χ3v) is 8.29. The first-order valence-corrected chi connectivity index (χ1v) is 12.8. The number of fused-ring (bicyclic) bond motifs is 1.